The maximum atomic E-state index is 11.9. The van der Waals surface area contributed by atoms with Crippen molar-refractivity contribution in [3.8, 4) is 0 Å². The van der Waals surface area contributed by atoms with E-state index >= 15 is 0 Å². The van der Waals surface area contributed by atoms with Crippen molar-refractivity contribution in [1.29, 1.82) is 0 Å². The van der Waals surface area contributed by atoms with Crippen LogP contribution in [-0.4, -0.2) is 37.8 Å². The van der Waals surface area contributed by atoms with Gasteiger partial charge >= 0.3 is 0 Å². The molecule has 1 aromatic rings. The van der Waals surface area contributed by atoms with Gasteiger partial charge in [-0.25, -0.2) is 0 Å². The van der Waals surface area contributed by atoms with Crippen LogP contribution < -0.4 is 5.73 Å². The smallest absolute Gasteiger partial charge is 0.285 e. The van der Waals surface area contributed by atoms with Crippen molar-refractivity contribution in [2.24, 2.45) is 10.1 Å². The maximum absolute atomic E-state index is 11.9. The highest BCUT2D eigenvalue weighted by Gasteiger charge is 2.43. The fourth-order valence-electron chi connectivity index (χ4n) is 2.84. The number of hydrogen-bond donors (Lipinski definition) is 1. The van der Waals surface area contributed by atoms with E-state index in [2.05, 4.69) is 11.3 Å². The molecule has 1 saturated heterocycles. The highest BCUT2D eigenvalue weighted by molar-refractivity contribution is 7.90. The number of nitrogens with two attached hydrogens (primary N) is 1. The van der Waals surface area contributed by atoms with Gasteiger partial charge in [-0.05, 0) is 18.6 Å². The standard InChI is InChI=1S/C13H17N3O2S/c1-2-7-13(14)8-16(9-13)12-10-5-3-4-6-11(10)19(17,18)15-12/h3-6H,2,7-9,14H2,1H3. The van der Waals surface area contributed by atoms with Crippen molar-refractivity contribution in [1.82, 2.24) is 4.90 Å². The molecule has 1 fully saturated rings. The number of likely N-dealkylation sites (tertiary alicyclic amines) is 1. The zero-order chi connectivity index (χ0) is 13.7. The van der Waals surface area contributed by atoms with Gasteiger partial charge in [-0.15, -0.1) is 4.40 Å². The predicted octanol–water partition coefficient (Wildman–Crippen LogP) is 0.949. The van der Waals surface area contributed by atoms with E-state index in [-0.39, 0.29) is 5.54 Å². The summed E-state index contributed by atoms with van der Waals surface area (Å²) in [5.41, 5.74) is 6.71. The van der Waals surface area contributed by atoms with Crippen LogP contribution in [0.15, 0.2) is 33.6 Å². The van der Waals surface area contributed by atoms with Gasteiger partial charge in [0.25, 0.3) is 10.0 Å². The number of nitrogens with zero attached hydrogens (tertiary/aromatic N) is 2. The molecule has 0 atom stereocenters. The lowest BCUT2D eigenvalue weighted by molar-refractivity contribution is 0.136. The normalized spacial score (nSPS) is 22.6. The Hall–Kier alpha value is -1.40. The van der Waals surface area contributed by atoms with E-state index in [0.29, 0.717) is 29.4 Å². The molecule has 19 heavy (non-hydrogen) atoms. The first kappa shape index (κ1) is 12.6. The number of amidine groups is 1. The summed E-state index contributed by atoms with van der Waals surface area (Å²) in [5, 5.41) is 0. The largest absolute Gasteiger partial charge is 0.352 e. The summed E-state index contributed by atoms with van der Waals surface area (Å²) >= 11 is 0. The summed E-state index contributed by atoms with van der Waals surface area (Å²) < 4.78 is 27.8. The van der Waals surface area contributed by atoms with Crippen LogP contribution >= 0.6 is 0 Å². The second kappa shape index (κ2) is 4.05. The molecular weight excluding hydrogens is 262 g/mol. The monoisotopic (exact) mass is 279 g/mol. The molecule has 5 nitrogen and oxygen atoms in total. The first-order valence-electron chi connectivity index (χ1n) is 6.43. The highest BCUT2D eigenvalue weighted by atomic mass is 32.2. The predicted molar refractivity (Wildman–Crippen MR) is 73.6 cm³/mol. The minimum Gasteiger partial charge on any atom is -0.352 e. The van der Waals surface area contributed by atoms with E-state index in [0.717, 1.165) is 12.8 Å². The molecule has 0 aliphatic carbocycles. The molecule has 1 aromatic carbocycles. The van der Waals surface area contributed by atoms with Crippen LogP contribution in [0.1, 0.15) is 25.3 Å². The summed E-state index contributed by atoms with van der Waals surface area (Å²) in [4.78, 5) is 2.26. The van der Waals surface area contributed by atoms with Crippen LogP contribution in [0.25, 0.3) is 0 Å². The molecule has 0 radical (unpaired) electrons. The Bertz CT molecular complexity index is 646. The maximum Gasteiger partial charge on any atom is 0.285 e. The summed E-state index contributed by atoms with van der Waals surface area (Å²) in [6, 6.07) is 6.95. The summed E-state index contributed by atoms with van der Waals surface area (Å²) in [7, 11) is -3.52. The first-order valence-corrected chi connectivity index (χ1v) is 7.87. The topological polar surface area (TPSA) is 75.8 Å². The lowest BCUT2D eigenvalue weighted by Crippen LogP contribution is -2.68. The van der Waals surface area contributed by atoms with E-state index in [1.807, 2.05) is 11.0 Å². The van der Waals surface area contributed by atoms with Gasteiger partial charge in [-0.1, -0.05) is 25.5 Å². The van der Waals surface area contributed by atoms with Crippen LogP contribution in [-0.2, 0) is 10.0 Å². The van der Waals surface area contributed by atoms with Crippen molar-refractivity contribution in [3.63, 3.8) is 0 Å². The molecule has 2 N–H and O–H groups in total. The van der Waals surface area contributed by atoms with Gasteiger partial charge in [-0.2, -0.15) is 8.42 Å². The average molecular weight is 279 g/mol. The van der Waals surface area contributed by atoms with E-state index < -0.39 is 10.0 Å². The van der Waals surface area contributed by atoms with Crippen molar-refractivity contribution in [2.75, 3.05) is 13.1 Å². The van der Waals surface area contributed by atoms with Crippen LogP contribution in [0, 0.1) is 0 Å². The number of fused-ring (bicyclic) bond motifs is 1. The fourth-order valence-corrected chi connectivity index (χ4v) is 4.06. The van der Waals surface area contributed by atoms with E-state index in [1.165, 1.54) is 0 Å². The molecule has 2 aliphatic heterocycles. The lowest BCUT2D eigenvalue weighted by atomic mass is 9.86. The van der Waals surface area contributed by atoms with Crippen molar-refractivity contribution in [3.05, 3.63) is 29.8 Å². The van der Waals surface area contributed by atoms with Gasteiger partial charge in [0.05, 0.1) is 5.54 Å². The van der Waals surface area contributed by atoms with Gasteiger partial charge in [0, 0.05) is 18.7 Å². The number of rotatable bonds is 2. The molecule has 0 unspecified atom stereocenters. The third kappa shape index (κ3) is 1.95. The van der Waals surface area contributed by atoms with Gasteiger partial charge in [0.1, 0.15) is 4.90 Å². The summed E-state index contributed by atoms with van der Waals surface area (Å²) in [5.74, 6) is 0.549. The Kier molecular flexibility index (Phi) is 2.69. The lowest BCUT2D eigenvalue weighted by Gasteiger charge is -2.48. The molecule has 102 valence electrons. The summed E-state index contributed by atoms with van der Waals surface area (Å²) in [6.45, 7) is 3.44. The van der Waals surface area contributed by atoms with Crippen molar-refractivity contribution in [2.45, 2.75) is 30.2 Å². The molecule has 0 aromatic heterocycles. The van der Waals surface area contributed by atoms with Gasteiger partial charge in [-0.3, -0.25) is 0 Å². The molecule has 0 spiro atoms. The van der Waals surface area contributed by atoms with E-state index in [9.17, 15) is 8.42 Å². The zero-order valence-corrected chi connectivity index (χ0v) is 11.7. The highest BCUT2D eigenvalue weighted by Crippen LogP contribution is 2.32. The summed E-state index contributed by atoms with van der Waals surface area (Å²) in [6.07, 6.45) is 1.98. The first-order chi connectivity index (χ1) is 8.95. The van der Waals surface area contributed by atoms with Crippen molar-refractivity contribution >= 4 is 15.9 Å². The number of sulfonamides is 1. The van der Waals surface area contributed by atoms with E-state index in [4.69, 9.17) is 5.73 Å². The van der Waals surface area contributed by atoms with Crippen LogP contribution in [0.2, 0.25) is 0 Å². The Morgan fingerprint density at radius 3 is 2.74 bits per heavy atom. The van der Waals surface area contributed by atoms with Gasteiger partial charge < -0.3 is 10.6 Å². The Labute approximate surface area is 113 Å². The van der Waals surface area contributed by atoms with Crippen LogP contribution in [0.5, 0.6) is 0 Å². The SMILES string of the molecule is CCCC1(N)CN(C2=NS(=O)(=O)c3ccccc32)C1. The van der Waals surface area contributed by atoms with Crippen LogP contribution in [0.3, 0.4) is 0 Å². The van der Waals surface area contributed by atoms with Crippen molar-refractivity contribution < 1.29 is 8.42 Å². The third-order valence-electron chi connectivity index (χ3n) is 3.67. The minimum absolute atomic E-state index is 0.196. The molecule has 0 saturated carbocycles. The number of benzene rings is 1. The van der Waals surface area contributed by atoms with Gasteiger partial charge in [0.15, 0.2) is 5.84 Å². The minimum atomic E-state index is -3.52. The molecule has 0 bridgehead atoms. The van der Waals surface area contributed by atoms with Gasteiger partial charge in [0.2, 0.25) is 0 Å². The molecule has 6 heteroatoms. The van der Waals surface area contributed by atoms with Crippen LogP contribution in [0.4, 0.5) is 0 Å². The Morgan fingerprint density at radius 1 is 1.37 bits per heavy atom. The molecule has 3 rings (SSSR count). The molecule has 0 amide bonds. The quantitative estimate of drug-likeness (QED) is 0.874. The third-order valence-corrected chi connectivity index (χ3v) is 5.00. The molecule has 2 heterocycles. The zero-order valence-electron chi connectivity index (χ0n) is 10.8. The Balaban J connectivity index is 1.89. The Morgan fingerprint density at radius 2 is 2.05 bits per heavy atom. The second-order valence-corrected chi connectivity index (χ2v) is 6.93. The fraction of sp³-hybridized carbons (Fsp3) is 0.462. The molecular formula is C13H17N3O2S. The van der Waals surface area contributed by atoms with E-state index in [1.54, 1.807) is 18.2 Å². The number of hydrogen-bond acceptors (Lipinski definition) is 4. The second-order valence-electron chi connectivity index (χ2n) is 5.35. The molecule has 2 aliphatic rings. The average Bonchev–Trinajstić information content (AvgIpc) is 2.59.